The number of aromatic nitrogens is 2. The number of hydrogen-bond donors (Lipinski definition) is 2. The lowest BCUT2D eigenvalue weighted by Gasteiger charge is -2.06. The van der Waals surface area contributed by atoms with Gasteiger partial charge in [0.15, 0.2) is 0 Å². The molecule has 0 fully saturated rings. The van der Waals surface area contributed by atoms with Gasteiger partial charge in [0.25, 0.3) is 5.88 Å². The van der Waals surface area contributed by atoms with Gasteiger partial charge in [0, 0.05) is 5.56 Å². The van der Waals surface area contributed by atoms with Crippen molar-refractivity contribution in [3.8, 4) is 11.6 Å². The Balaban J connectivity index is 2.23. The molecule has 0 aliphatic carbocycles. The van der Waals surface area contributed by atoms with Crippen LogP contribution < -0.4 is 16.2 Å². The van der Waals surface area contributed by atoms with Crippen LogP contribution in [0.25, 0.3) is 0 Å². The third kappa shape index (κ3) is 2.51. The highest BCUT2D eigenvalue weighted by Gasteiger charge is 2.08. The molecule has 0 bridgehead atoms. The van der Waals surface area contributed by atoms with Gasteiger partial charge in [0.05, 0.1) is 6.20 Å². The number of halogens is 1. The van der Waals surface area contributed by atoms with E-state index < -0.39 is 11.7 Å². The number of rotatable bonds is 3. The third-order valence-corrected chi connectivity index (χ3v) is 2.08. The topological polar surface area (TPSA) is 104 Å². The van der Waals surface area contributed by atoms with Gasteiger partial charge in [0.1, 0.15) is 5.75 Å². The van der Waals surface area contributed by atoms with Crippen LogP contribution in [0.2, 0.25) is 0 Å². The van der Waals surface area contributed by atoms with Crippen molar-refractivity contribution in [2.75, 3.05) is 5.73 Å². The minimum atomic E-state index is -0.733. The molecule has 0 aliphatic heterocycles. The average molecular weight is 248 g/mol. The number of anilines is 1. The van der Waals surface area contributed by atoms with Crippen LogP contribution in [-0.4, -0.2) is 15.9 Å². The van der Waals surface area contributed by atoms with Crippen molar-refractivity contribution in [2.45, 2.75) is 0 Å². The van der Waals surface area contributed by atoms with Crippen LogP contribution in [-0.2, 0) is 0 Å². The van der Waals surface area contributed by atoms with Crippen molar-refractivity contribution in [3.63, 3.8) is 0 Å². The van der Waals surface area contributed by atoms with E-state index >= 15 is 0 Å². The average Bonchev–Trinajstić information content (AvgIpc) is 2.34. The molecule has 1 aromatic carbocycles. The molecule has 7 heteroatoms. The predicted molar refractivity (Wildman–Crippen MR) is 61.4 cm³/mol. The van der Waals surface area contributed by atoms with Crippen molar-refractivity contribution >= 4 is 11.9 Å². The number of benzene rings is 1. The van der Waals surface area contributed by atoms with E-state index in [0.29, 0.717) is 11.3 Å². The van der Waals surface area contributed by atoms with Gasteiger partial charge in [-0.2, -0.15) is 9.37 Å². The van der Waals surface area contributed by atoms with Crippen LogP contribution in [0.15, 0.2) is 30.5 Å². The Kier molecular flexibility index (Phi) is 3.05. The van der Waals surface area contributed by atoms with Crippen LogP contribution in [0.1, 0.15) is 10.4 Å². The second-order valence-corrected chi connectivity index (χ2v) is 3.37. The van der Waals surface area contributed by atoms with Crippen LogP contribution in [0, 0.1) is 5.82 Å². The highest BCUT2D eigenvalue weighted by Crippen LogP contribution is 2.22. The molecule has 4 N–H and O–H groups in total. The zero-order chi connectivity index (χ0) is 13.1. The largest absolute Gasteiger partial charge is 0.436 e. The molecule has 0 unspecified atom stereocenters. The van der Waals surface area contributed by atoms with Crippen LogP contribution >= 0.6 is 0 Å². The quantitative estimate of drug-likeness (QED) is 0.845. The summed E-state index contributed by atoms with van der Waals surface area (Å²) >= 11 is 0. The van der Waals surface area contributed by atoms with E-state index in [0.717, 1.165) is 6.20 Å². The second-order valence-electron chi connectivity index (χ2n) is 3.37. The Morgan fingerprint density at radius 1 is 1.28 bits per heavy atom. The van der Waals surface area contributed by atoms with E-state index in [4.69, 9.17) is 16.2 Å². The van der Waals surface area contributed by atoms with E-state index in [1.165, 1.54) is 24.3 Å². The van der Waals surface area contributed by atoms with Gasteiger partial charge in [0.2, 0.25) is 17.7 Å². The normalized spacial score (nSPS) is 10.1. The molecule has 2 aromatic rings. The van der Waals surface area contributed by atoms with Crippen LogP contribution in [0.5, 0.6) is 11.6 Å². The first-order chi connectivity index (χ1) is 8.56. The molecule has 6 nitrogen and oxygen atoms in total. The molecule has 0 spiro atoms. The Labute approximate surface area is 101 Å². The number of nitrogens with two attached hydrogens (primary N) is 2. The number of ether oxygens (including phenoxy) is 1. The molecule has 18 heavy (non-hydrogen) atoms. The third-order valence-electron chi connectivity index (χ3n) is 2.08. The van der Waals surface area contributed by atoms with Gasteiger partial charge in [-0.3, -0.25) is 4.79 Å². The smallest absolute Gasteiger partial charge is 0.260 e. The Hall–Kier alpha value is -2.70. The molecule has 2 rings (SSSR count). The summed E-state index contributed by atoms with van der Waals surface area (Å²) in [7, 11) is 0. The molecular formula is C11H9FN4O2. The van der Waals surface area contributed by atoms with E-state index in [2.05, 4.69) is 9.97 Å². The number of primary amides is 1. The summed E-state index contributed by atoms with van der Waals surface area (Å²) in [5.74, 6) is -1.37. The predicted octanol–water partition coefficient (Wildman–Crippen LogP) is 1.09. The van der Waals surface area contributed by atoms with Gasteiger partial charge >= 0.3 is 0 Å². The van der Waals surface area contributed by atoms with Crippen LogP contribution in [0.4, 0.5) is 10.3 Å². The second kappa shape index (κ2) is 4.66. The van der Waals surface area contributed by atoms with E-state index in [1.807, 2.05) is 0 Å². The molecule has 0 aliphatic rings. The Morgan fingerprint density at radius 3 is 2.56 bits per heavy atom. The van der Waals surface area contributed by atoms with E-state index in [-0.39, 0.29) is 11.8 Å². The molecule has 92 valence electrons. The van der Waals surface area contributed by atoms with Gasteiger partial charge in [-0.1, -0.05) is 0 Å². The van der Waals surface area contributed by atoms with Crippen molar-refractivity contribution in [1.29, 1.82) is 0 Å². The van der Waals surface area contributed by atoms with Gasteiger partial charge in [-0.15, -0.1) is 0 Å². The SMILES string of the molecule is NC(=O)c1ccc(Oc2nc(N)ncc2F)cc1. The highest BCUT2D eigenvalue weighted by molar-refractivity contribution is 5.92. The molecule has 1 amide bonds. The lowest BCUT2D eigenvalue weighted by atomic mass is 10.2. The van der Waals surface area contributed by atoms with Gasteiger partial charge in [-0.05, 0) is 24.3 Å². The maximum atomic E-state index is 13.3. The summed E-state index contributed by atoms with van der Waals surface area (Å²) < 4.78 is 18.4. The van der Waals surface area contributed by atoms with Crippen molar-refractivity contribution in [3.05, 3.63) is 41.8 Å². The number of amides is 1. The first-order valence-corrected chi connectivity index (χ1v) is 4.92. The monoisotopic (exact) mass is 248 g/mol. The Bertz CT molecular complexity index is 586. The van der Waals surface area contributed by atoms with E-state index in [9.17, 15) is 9.18 Å². The molecular weight excluding hydrogens is 239 g/mol. The lowest BCUT2D eigenvalue weighted by molar-refractivity contribution is 0.100. The molecule has 0 saturated carbocycles. The standard InChI is InChI=1S/C11H9FN4O2/c12-8-5-15-11(14)16-10(8)18-7-3-1-6(2-4-7)9(13)17/h1-5H,(H2,13,17)(H2,14,15,16). The molecule has 1 aromatic heterocycles. The Morgan fingerprint density at radius 2 is 1.94 bits per heavy atom. The molecule has 1 heterocycles. The molecule has 0 atom stereocenters. The van der Waals surface area contributed by atoms with Crippen molar-refractivity contribution in [1.82, 2.24) is 9.97 Å². The first kappa shape index (κ1) is 11.8. The molecule has 0 radical (unpaired) electrons. The summed E-state index contributed by atoms with van der Waals surface area (Å²) in [5, 5.41) is 0. The fraction of sp³-hybridized carbons (Fsp3) is 0. The number of carbonyl (C=O) groups is 1. The lowest BCUT2D eigenvalue weighted by Crippen LogP contribution is -2.10. The molecule has 0 saturated heterocycles. The van der Waals surface area contributed by atoms with E-state index in [1.54, 1.807) is 0 Å². The number of nitrogen functional groups attached to an aromatic ring is 1. The fourth-order valence-electron chi connectivity index (χ4n) is 1.23. The summed E-state index contributed by atoms with van der Waals surface area (Å²) in [6.45, 7) is 0. The summed E-state index contributed by atoms with van der Waals surface area (Å²) in [6.07, 6.45) is 0.912. The minimum Gasteiger partial charge on any atom is -0.436 e. The maximum absolute atomic E-state index is 13.3. The summed E-state index contributed by atoms with van der Waals surface area (Å²) in [5.41, 5.74) is 10.7. The maximum Gasteiger partial charge on any atom is 0.260 e. The zero-order valence-corrected chi connectivity index (χ0v) is 9.13. The summed E-state index contributed by atoms with van der Waals surface area (Å²) in [6, 6.07) is 5.86. The first-order valence-electron chi connectivity index (χ1n) is 4.92. The number of hydrogen-bond acceptors (Lipinski definition) is 5. The number of nitrogens with zero attached hydrogens (tertiary/aromatic N) is 2. The zero-order valence-electron chi connectivity index (χ0n) is 9.13. The highest BCUT2D eigenvalue weighted by atomic mass is 19.1. The van der Waals surface area contributed by atoms with Crippen molar-refractivity contribution in [2.24, 2.45) is 5.73 Å². The van der Waals surface area contributed by atoms with Crippen LogP contribution in [0.3, 0.4) is 0 Å². The summed E-state index contributed by atoms with van der Waals surface area (Å²) in [4.78, 5) is 17.9. The minimum absolute atomic E-state index is 0.0971. The fourth-order valence-corrected chi connectivity index (χ4v) is 1.23. The number of carbonyl (C=O) groups excluding carboxylic acids is 1. The van der Waals surface area contributed by atoms with Gasteiger partial charge in [-0.25, -0.2) is 4.98 Å². The van der Waals surface area contributed by atoms with Crippen molar-refractivity contribution < 1.29 is 13.9 Å². The van der Waals surface area contributed by atoms with Gasteiger partial charge < -0.3 is 16.2 Å².